The lowest BCUT2D eigenvalue weighted by Crippen LogP contribution is -2.03. The van der Waals surface area contributed by atoms with Crippen molar-refractivity contribution in [3.05, 3.63) is 84.3 Å². The van der Waals surface area contributed by atoms with Gasteiger partial charge in [-0.1, -0.05) is 36.4 Å². The zero-order valence-electron chi connectivity index (χ0n) is 14.7. The van der Waals surface area contributed by atoms with Crippen LogP contribution in [-0.2, 0) is 6.54 Å². The van der Waals surface area contributed by atoms with Crippen LogP contribution in [0.15, 0.2) is 71.6 Å². The van der Waals surface area contributed by atoms with E-state index in [1.807, 2.05) is 37.3 Å². The maximum atomic E-state index is 14.3. The number of halogens is 1. The van der Waals surface area contributed by atoms with Gasteiger partial charge in [-0.05, 0) is 25.1 Å². The Hall–Kier alpha value is -3.47. The number of aromatic nitrogens is 3. The molecule has 3 heterocycles. The molecule has 0 bridgehead atoms. The van der Waals surface area contributed by atoms with Gasteiger partial charge in [0.05, 0.1) is 24.0 Å². The summed E-state index contributed by atoms with van der Waals surface area (Å²) in [6, 6.07) is 17.1. The Kier molecular flexibility index (Phi) is 3.53. The van der Waals surface area contributed by atoms with Crippen LogP contribution in [0, 0.1) is 12.7 Å². The summed E-state index contributed by atoms with van der Waals surface area (Å²) in [6.45, 7) is 2.42. The van der Waals surface area contributed by atoms with Gasteiger partial charge in [-0.15, -0.1) is 0 Å². The second kappa shape index (κ2) is 6.06. The molecule has 3 aromatic heterocycles. The average molecular weight is 357 g/mol. The Morgan fingerprint density at radius 2 is 1.85 bits per heavy atom. The van der Waals surface area contributed by atoms with Crippen molar-refractivity contribution in [2.45, 2.75) is 13.5 Å². The molecule has 5 rings (SSSR count). The van der Waals surface area contributed by atoms with Crippen molar-refractivity contribution in [3.63, 3.8) is 0 Å². The van der Waals surface area contributed by atoms with Gasteiger partial charge in [-0.3, -0.25) is 0 Å². The van der Waals surface area contributed by atoms with E-state index < -0.39 is 0 Å². The van der Waals surface area contributed by atoms with E-state index in [1.54, 1.807) is 12.3 Å². The van der Waals surface area contributed by atoms with Crippen LogP contribution in [-0.4, -0.2) is 14.5 Å². The van der Waals surface area contributed by atoms with Crippen LogP contribution in [0.1, 0.15) is 11.3 Å². The number of hydrogen-bond acceptors (Lipinski definition) is 3. The van der Waals surface area contributed by atoms with Gasteiger partial charge in [0.2, 0.25) is 0 Å². The number of hydrogen-bond donors (Lipinski definition) is 0. The number of para-hydroxylation sites is 1. The van der Waals surface area contributed by atoms with Gasteiger partial charge >= 0.3 is 0 Å². The molecule has 0 atom stereocenters. The van der Waals surface area contributed by atoms with Crippen LogP contribution < -0.4 is 0 Å². The van der Waals surface area contributed by atoms with Gasteiger partial charge < -0.3 is 8.98 Å². The van der Waals surface area contributed by atoms with E-state index in [0.717, 1.165) is 33.2 Å². The summed E-state index contributed by atoms with van der Waals surface area (Å²) in [4.78, 5) is 8.70. The fraction of sp³-hybridized carbons (Fsp3) is 0.0909. The molecule has 0 aliphatic heterocycles. The predicted octanol–water partition coefficient (Wildman–Crippen LogP) is 5.34. The Bertz CT molecular complexity index is 1270. The minimum absolute atomic E-state index is 0.202. The molecule has 0 amide bonds. The van der Waals surface area contributed by atoms with Gasteiger partial charge in [0.15, 0.2) is 12.2 Å². The van der Waals surface area contributed by atoms with Crippen LogP contribution in [0.25, 0.3) is 33.3 Å². The summed E-state index contributed by atoms with van der Waals surface area (Å²) in [5, 5.41) is 2.18. The molecule has 0 saturated heterocycles. The molecule has 0 unspecified atom stereocenters. The monoisotopic (exact) mass is 357 g/mol. The number of rotatable bonds is 3. The molecule has 0 N–H and O–H groups in total. The van der Waals surface area contributed by atoms with Gasteiger partial charge in [-0.25, -0.2) is 14.4 Å². The second-order valence-electron chi connectivity index (χ2n) is 6.55. The summed E-state index contributed by atoms with van der Waals surface area (Å²) in [5.41, 5.74) is 4.31. The molecule has 0 saturated carbocycles. The van der Waals surface area contributed by atoms with Crippen LogP contribution in [0.4, 0.5) is 4.39 Å². The quantitative estimate of drug-likeness (QED) is 0.438. The maximum absolute atomic E-state index is 14.3. The highest BCUT2D eigenvalue weighted by Crippen LogP contribution is 2.34. The molecule has 4 nitrogen and oxygen atoms in total. The molecule has 5 aromatic rings. The average Bonchev–Trinajstić information content (AvgIpc) is 3.31. The number of pyridine rings is 1. The van der Waals surface area contributed by atoms with Crippen molar-refractivity contribution in [1.29, 1.82) is 0 Å². The summed E-state index contributed by atoms with van der Waals surface area (Å²) < 4.78 is 21.8. The van der Waals surface area contributed by atoms with E-state index in [-0.39, 0.29) is 5.82 Å². The lowest BCUT2D eigenvalue weighted by atomic mass is 10.1. The molecule has 0 aliphatic carbocycles. The third-order valence-corrected chi connectivity index (χ3v) is 4.89. The molecular formula is C22H16FN3O. The van der Waals surface area contributed by atoms with Crippen molar-refractivity contribution in [2.24, 2.45) is 0 Å². The summed E-state index contributed by atoms with van der Waals surface area (Å²) >= 11 is 0. The first-order chi connectivity index (χ1) is 13.2. The van der Waals surface area contributed by atoms with E-state index in [9.17, 15) is 4.39 Å². The van der Waals surface area contributed by atoms with E-state index in [0.29, 0.717) is 17.9 Å². The molecule has 5 heteroatoms. The summed E-state index contributed by atoms with van der Waals surface area (Å²) in [7, 11) is 0. The highest BCUT2D eigenvalue weighted by Gasteiger charge is 2.17. The van der Waals surface area contributed by atoms with Crippen LogP contribution in [0.3, 0.4) is 0 Å². The molecule has 0 fully saturated rings. The van der Waals surface area contributed by atoms with Crippen LogP contribution >= 0.6 is 0 Å². The van der Waals surface area contributed by atoms with Crippen LogP contribution in [0.2, 0.25) is 0 Å². The van der Waals surface area contributed by atoms with Crippen molar-refractivity contribution in [2.75, 3.05) is 0 Å². The SMILES string of the molecule is Cc1nc(-c2cnco2)cc2c3ccccc3n(Cc3ccccc3F)c12. The van der Waals surface area contributed by atoms with Gasteiger partial charge in [0.1, 0.15) is 11.5 Å². The molecule has 0 radical (unpaired) electrons. The first-order valence-electron chi connectivity index (χ1n) is 8.73. The number of oxazole rings is 1. The van der Waals surface area contributed by atoms with E-state index in [1.165, 1.54) is 12.5 Å². The Morgan fingerprint density at radius 3 is 2.67 bits per heavy atom. The minimum atomic E-state index is -0.202. The number of nitrogens with zero attached hydrogens (tertiary/aromatic N) is 3. The molecule has 2 aromatic carbocycles. The Morgan fingerprint density at radius 1 is 1.04 bits per heavy atom. The zero-order chi connectivity index (χ0) is 18.4. The number of benzene rings is 2. The second-order valence-corrected chi connectivity index (χ2v) is 6.55. The van der Waals surface area contributed by atoms with Gasteiger partial charge in [0, 0.05) is 21.9 Å². The number of fused-ring (bicyclic) bond motifs is 3. The van der Waals surface area contributed by atoms with Crippen molar-refractivity contribution in [1.82, 2.24) is 14.5 Å². The fourth-order valence-electron chi connectivity index (χ4n) is 3.70. The highest BCUT2D eigenvalue weighted by atomic mass is 19.1. The Balaban J connectivity index is 1.81. The largest absolute Gasteiger partial charge is 0.442 e. The zero-order valence-corrected chi connectivity index (χ0v) is 14.7. The van der Waals surface area contributed by atoms with Crippen LogP contribution in [0.5, 0.6) is 0 Å². The number of aryl methyl sites for hydroxylation is 1. The maximum Gasteiger partial charge on any atom is 0.181 e. The van der Waals surface area contributed by atoms with Gasteiger partial charge in [-0.2, -0.15) is 0 Å². The first kappa shape index (κ1) is 15.8. The topological polar surface area (TPSA) is 43.9 Å². The van der Waals surface area contributed by atoms with E-state index >= 15 is 0 Å². The summed E-state index contributed by atoms with van der Waals surface area (Å²) in [5.74, 6) is 0.429. The third kappa shape index (κ3) is 2.51. The van der Waals surface area contributed by atoms with Crippen molar-refractivity contribution >= 4 is 21.8 Å². The predicted molar refractivity (Wildman–Crippen MR) is 103 cm³/mol. The smallest absolute Gasteiger partial charge is 0.181 e. The molecule has 0 aliphatic rings. The molecular weight excluding hydrogens is 341 g/mol. The molecule has 27 heavy (non-hydrogen) atoms. The van der Waals surface area contributed by atoms with E-state index in [2.05, 4.69) is 21.7 Å². The van der Waals surface area contributed by atoms with E-state index in [4.69, 9.17) is 9.40 Å². The fourth-order valence-corrected chi connectivity index (χ4v) is 3.70. The standard InChI is InChI=1S/C22H16FN3O/c1-14-22-17(10-19(25-14)21-11-24-13-27-21)16-7-3-5-9-20(16)26(22)12-15-6-2-4-8-18(15)23/h2-11,13H,12H2,1H3. The minimum Gasteiger partial charge on any atom is -0.442 e. The normalized spacial score (nSPS) is 11.5. The lowest BCUT2D eigenvalue weighted by Gasteiger charge is -2.10. The summed E-state index contributed by atoms with van der Waals surface area (Å²) in [6.07, 6.45) is 3.06. The molecule has 0 spiro atoms. The molecule has 132 valence electrons. The van der Waals surface area contributed by atoms with Crippen molar-refractivity contribution < 1.29 is 8.81 Å². The Labute approximate surface area is 154 Å². The lowest BCUT2D eigenvalue weighted by molar-refractivity contribution is 0.570. The van der Waals surface area contributed by atoms with Crippen molar-refractivity contribution in [3.8, 4) is 11.5 Å². The first-order valence-corrected chi connectivity index (χ1v) is 8.73. The highest BCUT2D eigenvalue weighted by molar-refractivity contribution is 6.09. The third-order valence-electron chi connectivity index (χ3n) is 4.89. The van der Waals surface area contributed by atoms with Gasteiger partial charge in [0.25, 0.3) is 0 Å².